The minimum Gasteiger partial charge on any atom is -0.308 e. The van der Waals surface area contributed by atoms with Gasteiger partial charge in [0.2, 0.25) is 0 Å². The molecule has 7 heteroatoms. The van der Waals surface area contributed by atoms with Gasteiger partial charge in [-0.3, -0.25) is 4.57 Å². The lowest BCUT2D eigenvalue weighted by Crippen LogP contribution is -2.13. The molecule has 0 spiro atoms. The highest BCUT2D eigenvalue weighted by atomic mass is 31.2. The summed E-state index contributed by atoms with van der Waals surface area (Å²) in [4.78, 5) is 0. The molecule has 0 fully saturated rings. The van der Waals surface area contributed by atoms with E-state index in [1.165, 1.54) is 12.1 Å². The predicted octanol–water partition coefficient (Wildman–Crippen LogP) is 6.52. The maximum atomic E-state index is 14.3. The summed E-state index contributed by atoms with van der Waals surface area (Å²) in [5, 5.41) is 5.29. The Bertz CT molecular complexity index is 1200. The van der Waals surface area contributed by atoms with Crippen LogP contribution in [0.25, 0.3) is 16.6 Å². The van der Waals surface area contributed by atoms with E-state index in [1.807, 2.05) is 60.7 Å². The van der Waals surface area contributed by atoms with E-state index in [1.54, 1.807) is 24.6 Å². The normalized spacial score (nSPS) is 12.9. The minimum absolute atomic E-state index is 0.215. The average Bonchev–Trinajstić information content (AvgIpc) is 3.14. The van der Waals surface area contributed by atoms with Crippen LogP contribution in [0.3, 0.4) is 0 Å². The average molecular weight is 438 g/mol. The van der Waals surface area contributed by atoms with Crippen LogP contribution in [0.5, 0.6) is 0 Å². The van der Waals surface area contributed by atoms with Gasteiger partial charge >= 0.3 is 7.60 Å². The molecule has 5 nitrogen and oxygen atoms in total. The van der Waals surface area contributed by atoms with Crippen molar-refractivity contribution < 1.29 is 18.0 Å². The first kappa shape index (κ1) is 21.4. The van der Waals surface area contributed by atoms with E-state index in [9.17, 15) is 8.96 Å². The molecule has 0 aliphatic rings. The Morgan fingerprint density at radius 1 is 0.935 bits per heavy atom. The molecule has 4 rings (SSSR count). The Kier molecular flexibility index (Phi) is 6.33. The summed E-state index contributed by atoms with van der Waals surface area (Å²) < 4.78 is 41.7. The fourth-order valence-electron chi connectivity index (χ4n) is 3.78. The highest BCUT2D eigenvalue weighted by molar-refractivity contribution is 7.54. The smallest absolute Gasteiger partial charge is 0.308 e. The SMILES string of the molecule is CCOP(=O)(OCC)C(c1ccccc1)c1c2cc(F)ccc2nn1-c1ccccc1. The van der Waals surface area contributed by atoms with Gasteiger partial charge in [-0.2, -0.15) is 5.10 Å². The van der Waals surface area contributed by atoms with Crippen molar-refractivity contribution in [1.82, 2.24) is 9.78 Å². The fraction of sp³-hybridized carbons (Fsp3) is 0.208. The highest BCUT2D eigenvalue weighted by Crippen LogP contribution is 2.64. The molecule has 0 amide bonds. The maximum absolute atomic E-state index is 14.3. The van der Waals surface area contributed by atoms with Gasteiger partial charge in [-0.05, 0) is 49.7 Å². The van der Waals surface area contributed by atoms with Gasteiger partial charge in [0.25, 0.3) is 0 Å². The Hall–Kier alpha value is -2.79. The lowest BCUT2D eigenvalue weighted by molar-refractivity contribution is 0.214. The summed E-state index contributed by atoms with van der Waals surface area (Å²) in [7, 11) is -3.69. The topological polar surface area (TPSA) is 53.4 Å². The lowest BCUT2D eigenvalue weighted by atomic mass is 10.1. The van der Waals surface area contributed by atoms with E-state index in [0.29, 0.717) is 16.6 Å². The molecule has 0 saturated heterocycles. The standard InChI is InChI=1S/C24H24FN2O3P/c1-3-29-31(28,30-4-2)24(18-11-7-5-8-12-18)23-21-17-19(25)15-16-22(21)26-27(23)20-13-9-6-10-14-20/h5-17,24H,3-4H2,1-2H3. The molecule has 1 aromatic heterocycles. The molecule has 0 radical (unpaired) electrons. The molecule has 3 aromatic carbocycles. The third-order valence-corrected chi connectivity index (χ3v) is 7.39. The number of rotatable bonds is 8. The van der Waals surface area contributed by atoms with Crippen LogP contribution >= 0.6 is 7.60 Å². The molecule has 1 heterocycles. The van der Waals surface area contributed by atoms with E-state index in [4.69, 9.17) is 14.1 Å². The molecular formula is C24H24FN2O3P. The van der Waals surface area contributed by atoms with Gasteiger partial charge in [0, 0.05) is 5.39 Å². The van der Waals surface area contributed by atoms with Crippen LogP contribution in [0, 0.1) is 5.82 Å². The van der Waals surface area contributed by atoms with Gasteiger partial charge in [-0.15, -0.1) is 0 Å². The summed E-state index contributed by atoms with van der Waals surface area (Å²) in [5.41, 5.74) is 1.89. The number of hydrogen-bond donors (Lipinski definition) is 0. The number of benzene rings is 3. The second kappa shape index (κ2) is 9.15. The van der Waals surface area contributed by atoms with Crippen LogP contribution < -0.4 is 0 Å². The number of fused-ring (bicyclic) bond motifs is 1. The van der Waals surface area contributed by atoms with Crippen molar-refractivity contribution in [1.29, 1.82) is 0 Å². The summed E-state index contributed by atoms with van der Waals surface area (Å²) >= 11 is 0. The number of hydrogen-bond acceptors (Lipinski definition) is 4. The zero-order valence-corrected chi connectivity index (χ0v) is 18.3. The first-order chi connectivity index (χ1) is 15.1. The highest BCUT2D eigenvalue weighted by Gasteiger charge is 2.41. The van der Waals surface area contributed by atoms with E-state index in [0.717, 1.165) is 11.3 Å². The van der Waals surface area contributed by atoms with Gasteiger partial charge in [-0.1, -0.05) is 48.5 Å². The summed E-state index contributed by atoms with van der Waals surface area (Å²) in [6.07, 6.45) is 0. The third-order valence-electron chi connectivity index (χ3n) is 4.98. The van der Waals surface area contributed by atoms with Gasteiger partial charge < -0.3 is 9.05 Å². The minimum atomic E-state index is -3.69. The molecule has 0 aliphatic carbocycles. The van der Waals surface area contributed by atoms with E-state index < -0.39 is 19.1 Å². The Morgan fingerprint density at radius 3 is 2.16 bits per heavy atom. The van der Waals surface area contributed by atoms with Gasteiger partial charge in [-0.25, -0.2) is 9.07 Å². The first-order valence-electron chi connectivity index (χ1n) is 10.2. The first-order valence-corrected chi connectivity index (χ1v) is 11.9. The Balaban J connectivity index is 2.08. The molecule has 0 aliphatic heterocycles. The zero-order chi connectivity index (χ0) is 21.8. The van der Waals surface area contributed by atoms with Gasteiger partial charge in [0.1, 0.15) is 11.5 Å². The summed E-state index contributed by atoms with van der Waals surface area (Å²) in [6.45, 7) is 3.98. The van der Waals surface area contributed by atoms with E-state index in [-0.39, 0.29) is 13.2 Å². The molecule has 0 N–H and O–H groups in total. The van der Waals surface area contributed by atoms with E-state index >= 15 is 0 Å². The number of para-hydroxylation sites is 1. The third kappa shape index (κ3) is 4.19. The number of nitrogens with zero attached hydrogens (tertiary/aromatic N) is 2. The van der Waals surface area contributed by atoms with Crippen LogP contribution in [0.15, 0.2) is 78.9 Å². The van der Waals surface area contributed by atoms with Crippen molar-refractivity contribution in [2.24, 2.45) is 0 Å². The molecule has 0 saturated carbocycles. The van der Waals surface area contributed by atoms with Crippen molar-refractivity contribution >= 4 is 18.5 Å². The molecule has 160 valence electrons. The van der Waals surface area contributed by atoms with Crippen molar-refractivity contribution in [3.8, 4) is 5.69 Å². The molecule has 1 atom stereocenters. The van der Waals surface area contributed by atoms with Gasteiger partial charge in [0.15, 0.2) is 0 Å². The second-order valence-electron chi connectivity index (χ2n) is 6.98. The Morgan fingerprint density at radius 2 is 1.55 bits per heavy atom. The predicted molar refractivity (Wildman–Crippen MR) is 120 cm³/mol. The van der Waals surface area contributed by atoms with Crippen molar-refractivity contribution in [3.63, 3.8) is 0 Å². The largest absolute Gasteiger partial charge is 0.344 e. The lowest BCUT2D eigenvalue weighted by Gasteiger charge is -2.27. The second-order valence-corrected chi connectivity index (χ2v) is 9.10. The van der Waals surface area contributed by atoms with Crippen LogP contribution in [0.4, 0.5) is 4.39 Å². The molecule has 31 heavy (non-hydrogen) atoms. The van der Waals surface area contributed by atoms with E-state index in [2.05, 4.69) is 0 Å². The van der Waals surface area contributed by atoms with Crippen molar-refractivity contribution in [2.45, 2.75) is 19.5 Å². The molecule has 4 aromatic rings. The van der Waals surface area contributed by atoms with Crippen LogP contribution in [-0.2, 0) is 13.6 Å². The summed E-state index contributed by atoms with van der Waals surface area (Å²) in [5.74, 6) is -0.393. The summed E-state index contributed by atoms with van der Waals surface area (Å²) in [6, 6.07) is 23.3. The zero-order valence-electron chi connectivity index (χ0n) is 17.4. The van der Waals surface area contributed by atoms with Crippen molar-refractivity contribution in [3.05, 3.63) is 95.9 Å². The Labute approximate surface area is 181 Å². The van der Waals surface area contributed by atoms with Crippen molar-refractivity contribution in [2.75, 3.05) is 13.2 Å². The van der Waals surface area contributed by atoms with Crippen LogP contribution in [0.1, 0.15) is 30.8 Å². The molecular weight excluding hydrogens is 414 g/mol. The molecule has 1 unspecified atom stereocenters. The molecule has 0 bridgehead atoms. The number of halogens is 1. The maximum Gasteiger partial charge on any atom is 0.344 e. The number of aromatic nitrogens is 2. The quantitative estimate of drug-likeness (QED) is 0.294. The fourth-order valence-corrected chi connectivity index (χ4v) is 5.95. The van der Waals surface area contributed by atoms with Crippen LogP contribution in [0.2, 0.25) is 0 Å². The van der Waals surface area contributed by atoms with Crippen LogP contribution in [-0.4, -0.2) is 23.0 Å². The van der Waals surface area contributed by atoms with Gasteiger partial charge in [0.05, 0.1) is 30.1 Å². The monoisotopic (exact) mass is 438 g/mol.